The summed E-state index contributed by atoms with van der Waals surface area (Å²) in [5.74, 6) is 1.96. The van der Waals surface area contributed by atoms with Gasteiger partial charge in [-0.05, 0) is 54.1 Å². The van der Waals surface area contributed by atoms with E-state index >= 15 is 0 Å². The smallest absolute Gasteiger partial charge is 0.219 e. The summed E-state index contributed by atoms with van der Waals surface area (Å²) in [7, 11) is 1.62. The highest BCUT2D eigenvalue weighted by molar-refractivity contribution is 6.32. The molecule has 3 aromatic rings. The molecule has 3 rings (SSSR count). The summed E-state index contributed by atoms with van der Waals surface area (Å²) >= 11 is 6.05. The van der Waals surface area contributed by atoms with E-state index in [2.05, 4.69) is 10.3 Å². The predicted octanol–water partition coefficient (Wildman–Crippen LogP) is 5.02. The summed E-state index contributed by atoms with van der Waals surface area (Å²) in [6, 6.07) is 18.4. The Bertz CT molecular complexity index is 937. The van der Waals surface area contributed by atoms with E-state index in [0.29, 0.717) is 28.8 Å². The number of benzene rings is 2. The molecule has 0 bridgehead atoms. The first-order valence-corrected chi connectivity index (χ1v) is 8.26. The van der Waals surface area contributed by atoms with Gasteiger partial charge >= 0.3 is 0 Å². The molecule has 0 unspecified atom stereocenters. The van der Waals surface area contributed by atoms with Crippen LogP contribution in [0.25, 0.3) is 0 Å². The molecule has 0 fully saturated rings. The van der Waals surface area contributed by atoms with E-state index in [1.165, 1.54) is 0 Å². The molecule has 0 amide bonds. The lowest BCUT2D eigenvalue weighted by molar-refractivity contribution is 0.412. The summed E-state index contributed by atoms with van der Waals surface area (Å²) in [6.45, 7) is 0.573. The van der Waals surface area contributed by atoms with Crippen LogP contribution in [0.1, 0.15) is 11.1 Å². The van der Waals surface area contributed by atoms with Crippen LogP contribution in [0.2, 0.25) is 5.02 Å². The number of halogens is 1. The number of nitriles is 1. The molecule has 0 aliphatic heterocycles. The molecule has 0 aliphatic rings. The van der Waals surface area contributed by atoms with Gasteiger partial charge in [-0.3, -0.25) is 0 Å². The lowest BCUT2D eigenvalue weighted by atomic mass is 10.2. The van der Waals surface area contributed by atoms with Crippen molar-refractivity contribution in [2.24, 2.45) is 0 Å². The molecule has 0 aliphatic carbocycles. The largest absolute Gasteiger partial charge is 0.497 e. The summed E-state index contributed by atoms with van der Waals surface area (Å²) in [6.07, 6.45) is 1.70. The highest BCUT2D eigenvalue weighted by atomic mass is 35.5. The zero-order valence-electron chi connectivity index (χ0n) is 14.1. The van der Waals surface area contributed by atoms with Crippen molar-refractivity contribution in [1.29, 1.82) is 5.26 Å². The zero-order valence-corrected chi connectivity index (χ0v) is 14.8. The number of aromatic nitrogens is 1. The third kappa shape index (κ3) is 4.44. The van der Waals surface area contributed by atoms with Crippen LogP contribution in [0.4, 0.5) is 5.69 Å². The topological polar surface area (TPSA) is 67.2 Å². The van der Waals surface area contributed by atoms with Crippen molar-refractivity contribution in [3.05, 3.63) is 76.9 Å². The van der Waals surface area contributed by atoms with Crippen LogP contribution in [0.15, 0.2) is 60.8 Å². The monoisotopic (exact) mass is 365 g/mol. The maximum atomic E-state index is 8.92. The predicted molar refractivity (Wildman–Crippen MR) is 101 cm³/mol. The molecule has 0 saturated heterocycles. The van der Waals surface area contributed by atoms with Crippen LogP contribution in [0, 0.1) is 11.3 Å². The van der Waals surface area contributed by atoms with Gasteiger partial charge in [0.25, 0.3) is 0 Å². The summed E-state index contributed by atoms with van der Waals surface area (Å²) in [4.78, 5) is 4.23. The molecule has 0 atom stereocenters. The Kier molecular flexibility index (Phi) is 5.57. The van der Waals surface area contributed by atoms with Crippen molar-refractivity contribution in [1.82, 2.24) is 4.98 Å². The van der Waals surface area contributed by atoms with Crippen molar-refractivity contribution in [3.63, 3.8) is 0 Å². The molecule has 1 heterocycles. The molecule has 5 nitrogen and oxygen atoms in total. The Morgan fingerprint density at radius 1 is 1.08 bits per heavy atom. The van der Waals surface area contributed by atoms with Gasteiger partial charge in [0.15, 0.2) is 0 Å². The number of ether oxygens (including phenoxy) is 2. The third-order valence-corrected chi connectivity index (χ3v) is 3.98. The number of methoxy groups -OCH3 is 1. The fraction of sp³-hybridized carbons (Fsp3) is 0.100. The Labute approximate surface area is 156 Å². The average molecular weight is 366 g/mol. The van der Waals surface area contributed by atoms with Gasteiger partial charge in [-0.25, -0.2) is 4.98 Å². The molecule has 1 N–H and O–H groups in total. The molecule has 0 radical (unpaired) electrons. The number of pyridine rings is 1. The number of nitrogens with zero attached hydrogens (tertiary/aromatic N) is 2. The van der Waals surface area contributed by atoms with Gasteiger partial charge in [-0.1, -0.05) is 11.6 Å². The second-order valence-electron chi connectivity index (χ2n) is 5.44. The maximum absolute atomic E-state index is 8.92. The van der Waals surface area contributed by atoms with Gasteiger partial charge < -0.3 is 14.8 Å². The van der Waals surface area contributed by atoms with E-state index in [1.807, 2.05) is 48.5 Å². The molecular weight excluding hydrogens is 350 g/mol. The SMILES string of the molecule is COc1ccc(Oc2cc(CNc3ccc(C#N)c(Cl)c3)ccn2)cc1. The minimum Gasteiger partial charge on any atom is -0.497 e. The zero-order chi connectivity index (χ0) is 18.4. The van der Waals surface area contributed by atoms with Gasteiger partial charge in [0.05, 0.1) is 17.7 Å². The molecule has 1 aromatic heterocycles. The standard InChI is InChI=1S/C20H16ClN3O2/c1-25-17-4-6-18(7-5-17)26-20-10-14(8-9-23-20)13-24-16-3-2-15(12-22)19(21)11-16/h2-11,24H,13H2,1H3. The van der Waals surface area contributed by atoms with E-state index in [1.54, 1.807) is 25.4 Å². The summed E-state index contributed by atoms with van der Waals surface area (Å²) < 4.78 is 10.9. The van der Waals surface area contributed by atoms with Crippen molar-refractivity contribution >= 4 is 17.3 Å². The molecule has 130 valence electrons. The van der Waals surface area contributed by atoms with Crippen molar-refractivity contribution < 1.29 is 9.47 Å². The highest BCUT2D eigenvalue weighted by Crippen LogP contribution is 2.24. The van der Waals surface area contributed by atoms with E-state index in [4.69, 9.17) is 26.3 Å². The van der Waals surface area contributed by atoms with Crippen LogP contribution in [0.3, 0.4) is 0 Å². The second-order valence-corrected chi connectivity index (χ2v) is 5.85. The van der Waals surface area contributed by atoms with E-state index in [0.717, 1.165) is 17.0 Å². The Balaban J connectivity index is 1.65. The van der Waals surface area contributed by atoms with E-state index in [9.17, 15) is 0 Å². The van der Waals surface area contributed by atoms with Gasteiger partial charge in [0.1, 0.15) is 17.6 Å². The Morgan fingerprint density at radius 3 is 2.54 bits per heavy atom. The summed E-state index contributed by atoms with van der Waals surface area (Å²) in [5, 5.41) is 12.6. The minimum atomic E-state index is 0.427. The van der Waals surface area contributed by atoms with Crippen LogP contribution >= 0.6 is 11.6 Å². The van der Waals surface area contributed by atoms with Crippen molar-refractivity contribution in [3.8, 4) is 23.4 Å². The Hall–Kier alpha value is -3.23. The van der Waals surface area contributed by atoms with Crippen LogP contribution in [-0.4, -0.2) is 12.1 Å². The lowest BCUT2D eigenvalue weighted by Crippen LogP contribution is -2.00. The lowest BCUT2D eigenvalue weighted by Gasteiger charge is -2.09. The average Bonchev–Trinajstić information content (AvgIpc) is 2.67. The van der Waals surface area contributed by atoms with Crippen molar-refractivity contribution in [2.45, 2.75) is 6.54 Å². The van der Waals surface area contributed by atoms with Crippen LogP contribution in [0.5, 0.6) is 17.4 Å². The normalized spacial score (nSPS) is 10.0. The number of nitrogens with one attached hydrogen (secondary N) is 1. The number of rotatable bonds is 6. The molecule has 0 spiro atoms. The van der Waals surface area contributed by atoms with Crippen LogP contribution < -0.4 is 14.8 Å². The number of anilines is 1. The quantitative estimate of drug-likeness (QED) is 0.664. The third-order valence-electron chi connectivity index (χ3n) is 3.67. The van der Waals surface area contributed by atoms with Gasteiger partial charge in [0.2, 0.25) is 5.88 Å². The van der Waals surface area contributed by atoms with Gasteiger partial charge in [-0.15, -0.1) is 0 Å². The molecule has 6 heteroatoms. The fourth-order valence-corrected chi connectivity index (χ4v) is 2.52. The summed E-state index contributed by atoms with van der Waals surface area (Å²) in [5.41, 5.74) is 2.30. The number of hydrogen-bond acceptors (Lipinski definition) is 5. The Morgan fingerprint density at radius 2 is 1.85 bits per heavy atom. The van der Waals surface area contributed by atoms with Crippen LogP contribution in [-0.2, 0) is 6.54 Å². The van der Waals surface area contributed by atoms with E-state index in [-0.39, 0.29) is 0 Å². The number of hydrogen-bond donors (Lipinski definition) is 1. The van der Waals surface area contributed by atoms with Gasteiger partial charge in [-0.2, -0.15) is 5.26 Å². The first kappa shape index (κ1) is 17.6. The first-order valence-electron chi connectivity index (χ1n) is 7.88. The minimum absolute atomic E-state index is 0.427. The molecule has 26 heavy (non-hydrogen) atoms. The van der Waals surface area contributed by atoms with Gasteiger partial charge in [0, 0.05) is 24.5 Å². The van der Waals surface area contributed by atoms with Crippen molar-refractivity contribution in [2.75, 3.05) is 12.4 Å². The first-order chi connectivity index (χ1) is 12.7. The molecule has 0 saturated carbocycles. The highest BCUT2D eigenvalue weighted by Gasteiger charge is 2.04. The molecule has 2 aromatic carbocycles. The maximum Gasteiger partial charge on any atom is 0.219 e. The van der Waals surface area contributed by atoms with E-state index < -0.39 is 0 Å². The second kappa shape index (κ2) is 8.24. The fourth-order valence-electron chi connectivity index (χ4n) is 2.30. The molecular formula is C20H16ClN3O2.